The molecule has 0 fully saturated rings. The van der Waals surface area contributed by atoms with Crippen molar-refractivity contribution in [3.05, 3.63) is 16.1 Å². The van der Waals surface area contributed by atoms with Crippen LogP contribution >= 0.6 is 47.9 Å². The summed E-state index contributed by atoms with van der Waals surface area (Å²) in [4.78, 5) is 19.0. The van der Waals surface area contributed by atoms with Gasteiger partial charge >= 0.3 is 6.03 Å². The highest BCUT2D eigenvalue weighted by Crippen LogP contribution is 2.31. The molecule has 0 spiro atoms. The number of thiazole rings is 1. The van der Waals surface area contributed by atoms with Crippen molar-refractivity contribution in [1.29, 1.82) is 5.41 Å². The number of hydrogen-bond acceptors (Lipinski definition) is 6. The SMILES string of the molecule is Cc1nc(C(N=C(N)N)SCCC(=N)NC(N)=O)cs1.Cl.Cl. The maximum Gasteiger partial charge on any atom is 0.317 e. The predicted molar refractivity (Wildman–Crippen MR) is 97.4 cm³/mol. The Bertz CT molecular complexity index is 519. The number of amidine groups is 1. The molecule has 8 N–H and O–H groups in total. The van der Waals surface area contributed by atoms with Gasteiger partial charge in [-0.1, -0.05) is 0 Å². The zero-order chi connectivity index (χ0) is 15.1. The minimum Gasteiger partial charge on any atom is -0.370 e. The Kier molecular flexibility index (Phi) is 11.9. The lowest BCUT2D eigenvalue weighted by molar-refractivity contribution is 0.253. The van der Waals surface area contributed by atoms with Gasteiger partial charge in [-0.15, -0.1) is 47.9 Å². The molecule has 1 rings (SSSR count). The Morgan fingerprint density at radius 2 is 2.14 bits per heavy atom. The summed E-state index contributed by atoms with van der Waals surface area (Å²) in [6.07, 6.45) is 0.354. The number of aromatic nitrogens is 1. The summed E-state index contributed by atoms with van der Waals surface area (Å²) < 4.78 is 0. The number of amides is 2. The number of nitrogens with zero attached hydrogens (tertiary/aromatic N) is 2. The lowest BCUT2D eigenvalue weighted by atomic mass is 10.4. The van der Waals surface area contributed by atoms with Gasteiger partial charge in [-0.25, -0.2) is 14.8 Å². The van der Waals surface area contributed by atoms with Gasteiger partial charge in [-0.3, -0.25) is 10.7 Å². The Labute approximate surface area is 149 Å². The lowest BCUT2D eigenvalue weighted by Crippen LogP contribution is -2.34. The van der Waals surface area contributed by atoms with Gasteiger partial charge in [0.15, 0.2) is 5.96 Å². The van der Waals surface area contributed by atoms with Crippen molar-refractivity contribution in [2.45, 2.75) is 18.7 Å². The minimum atomic E-state index is -0.740. The minimum absolute atomic E-state index is 0. The molecule has 0 radical (unpaired) electrons. The van der Waals surface area contributed by atoms with Crippen LogP contribution in [-0.2, 0) is 0 Å². The van der Waals surface area contributed by atoms with E-state index in [1.165, 1.54) is 23.1 Å². The highest BCUT2D eigenvalue weighted by molar-refractivity contribution is 7.99. The molecule has 0 saturated carbocycles. The van der Waals surface area contributed by atoms with Gasteiger partial charge in [-0.05, 0) is 6.92 Å². The molecule has 0 aliphatic rings. The Balaban J connectivity index is 0. The molecule has 0 bridgehead atoms. The van der Waals surface area contributed by atoms with Crippen LogP contribution in [0.15, 0.2) is 10.4 Å². The second-order valence-corrected chi connectivity index (χ2v) is 6.04. The number of carbonyl (C=O) groups excluding carboxylic acids is 1. The normalized spacial score (nSPS) is 10.6. The number of thioether (sulfide) groups is 1. The molecule has 1 aromatic rings. The van der Waals surface area contributed by atoms with Crippen LogP contribution in [0.4, 0.5) is 4.79 Å². The summed E-state index contributed by atoms with van der Waals surface area (Å²) in [6.45, 7) is 1.90. The van der Waals surface area contributed by atoms with E-state index >= 15 is 0 Å². The molecule has 12 heteroatoms. The lowest BCUT2D eigenvalue weighted by Gasteiger charge is -2.10. The summed E-state index contributed by atoms with van der Waals surface area (Å²) in [5.74, 6) is 0.596. The average Bonchev–Trinajstić information content (AvgIpc) is 2.73. The van der Waals surface area contributed by atoms with Crippen LogP contribution in [0.2, 0.25) is 0 Å². The fourth-order valence-corrected chi connectivity index (χ4v) is 3.05. The molecule has 1 heterocycles. The van der Waals surface area contributed by atoms with Crippen molar-refractivity contribution in [2.75, 3.05) is 5.75 Å². The molecule has 0 aromatic carbocycles. The maximum atomic E-state index is 10.6. The first kappa shape index (κ1) is 23.0. The number of primary amides is 1. The zero-order valence-electron chi connectivity index (χ0n) is 11.7. The molecule has 2 amide bonds. The van der Waals surface area contributed by atoms with Crippen molar-refractivity contribution in [3.63, 3.8) is 0 Å². The molecule has 0 aliphatic carbocycles. The molecule has 8 nitrogen and oxygen atoms in total. The molecular weight excluding hydrogens is 369 g/mol. The van der Waals surface area contributed by atoms with Crippen molar-refractivity contribution >= 4 is 65.7 Å². The summed E-state index contributed by atoms with van der Waals surface area (Å²) >= 11 is 2.95. The number of hydrogen-bond donors (Lipinski definition) is 5. The van der Waals surface area contributed by atoms with E-state index in [0.29, 0.717) is 12.2 Å². The number of guanidine groups is 1. The number of carbonyl (C=O) groups is 1. The molecule has 22 heavy (non-hydrogen) atoms. The number of nitrogens with one attached hydrogen (secondary N) is 2. The fraction of sp³-hybridized carbons (Fsp3) is 0.400. The van der Waals surface area contributed by atoms with E-state index in [9.17, 15) is 4.79 Å². The third kappa shape index (κ3) is 8.93. The zero-order valence-corrected chi connectivity index (χ0v) is 15.0. The van der Waals surface area contributed by atoms with Crippen molar-refractivity contribution in [2.24, 2.45) is 22.2 Å². The van der Waals surface area contributed by atoms with Gasteiger partial charge in [0.05, 0.1) is 10.7 Å². The van der Waals surface area contributed by atoms with Crippen LogP contribution in [0.5, 0.6) is 0 Å². The van der Waals surface area contributed by atoms with E-state index in [0.717, 1.165) is 10.7 Å². The van der Waals surface area contributed by atoms with E-state index in [4.69, 9.17) is 22.6 Å². The van der Waals surface area contributed by atoms with Crippen LogP contribution in [0.3, 0.4) is 0 Å². The van der Waals surface area contributed by atoms with Crippen molar-refractivity contribution in [3.8, 4) is 0 Å². The smallest absolute Gasteiger partial charge is 0.317 e. The van der Waals surface area contributed by atoms with Crippen LogP contribution in [0.1, 0.15) is 22.5 Å². The summed E-state index contributed by atoms with van der Waals surface area (Å²) in [5, 5.41) is 12.2. The second-order valence-electron chi connectivity index (χ2n) is 3.79. The first-order valence-corrected chi connectivity index (χ1v) is 7.57. The first-order valence-electron chi connectivity index (χ1n) is 5.64. The average molecular weight is 388 g/mol. The monoisotopic (exact) mass is 387 g/mol. The number of aryl methyl sites for hydroxylation is 1. The molecule has 0 aliphatic heterocycles. The van der Waals surface area contributed by atoms with Gasteiger partial charge < -0.3 is 17.2 Å². The molecule has 0 saturated heterocycles. The molecule has 1 atom stereocenters. The van der Waals surface area contributed by atoms with Gasteiger partial charge in [0, 0.05) is 17.6 Å². The van der Waals surface area contributed by atoms with Gasteiger partial charge in [0.25, 0.3) is 0 Å². The highest BCUT2D eigenvalue weighted by Gasteiger charge is 2.14. The Morgan fingerprint density at radius 3 is 2.59 bits per heavy atom. The first-order chi connectivity index (χ1) is 9.38. The van der Waals surface area contributed by atoms with E-state index in [-0.39, 0.29) is 42.0 Å². The number of aliphatic imine (C=N–C) groups is 1. The maximum absolute atomic E-state index is 10.6. The van der Waals surface area contributed by atoms with Crippen molar-refractivity contribution < 1.29 is 4.79 Å². The number of rotatable bonds is 6. The summed E-state index contributed by atoms with van der Waals surface area (Å²) in [7, 11) is 0. The fourth-order valence-electron chi connectivity index (χ4n) is 1.30. The summed E-state index contributed by atoms with van der Waals surface area (Å²) in [5.41, 5.74) is 16.5. The van der Waals surface area contributed by atoms with Crippen LogP contribution in [-0.4, -0.2) is 28.6 Å². The molecule has 1 aromatic heterocycles. The molecule has 1 unspecified atom stereocenters. The number of halogens is 2. The third-order valence-electron chi connectivity index (χ3n) is 2.06. The third-order valence-corrected chi connectivity index (χ3v) is 3.95. The second kappa shape index (κ2) is 11.4. The van der Waals surface area contributed by atoms with E-state index in [1.54, 1.807) is 0 Å². The molecular formula is C10H19Cl2N7OS2. The van der Waals surface area contributed by atoms with E-state index in [1.807, 2.05) is 12.3 Å². The van der Waals surface area contributed by atoms with Crippen LogP contribution in [0.25, 0.3) is 0 Å². The highest BCUT2D eigenvalue weighted by atomic mass is 35.5. The molecule has 126 valence electrons. The van der Waals surface area contributed by atoms with Gasteiger partial charge in [0.2, 0.25) is 0 Å². The Morgan fingerprint density at radius 1 is 1.50 bits per heavy atom. The van der Waals surface area contributed by atoms with Crippen molar-refractivity contribution in [1.82, 2.24) is 10.3 Å². The topological polar surface area (TPSA) is 156 Å². The standard InChI is InChI=1S/C10H17N7OS2.2ClH/c1-5-15-6(4-20-5)8(17-9(12)13)19-3-2-7(11)16-10(14)18;;/h4,8H,2-3H2,1H3,(H4,12,13,17)(H4,11,14,16,18);2*1H. The van der Waals surface area contributed by atoms with E-state index in [2.05, 4.69) is 15.3 Å². The number of urea groups is 1. The Hall–Kier alpha value is -1.23. The quantitative estimate of drug-likeness (QED) is 0.367. The number of nitrogens with two attached hydrogens (primary N) is 3. The van der Waals surface area contributed by atoms with E-state index < -0.39 is 6.03 Å². The van der Waals surface area contributed by atoms with Gasteiger partial charge in [-0.2, -0.15) is 0 Å². The van der Waals surface area contributed by atoms with Crippen LogP contribution in [0, 0.1) is 12.3 Å². The predicted octanol–water partition coefficient (Wildman–Crippen LogP) is 1.34. The van der Waals surface area contributed by atoms with Crippen LogP contribution < -0.4 is 22.5 Å². The largest absolute Gasteiger partial charge is 0.370 e. The van der Waals surface area contributed by atoms with Gasteiger partial charge in [0.1, 0.15) is 11.2 Å². The summed E-state index contributed by atoms with van der Waals surface area (Å²) in [6, 6.07) is -0.740.